The van der Waals surface area contributed by atoms with Gasteiger partial charge < -0.3 is 14.2 Å². The van der Waals surface area contributed by atoms with E-state index in [1.807, 2.05) is 0 Å². The van der Waals surface area contributed by atoms with E-state index in [0.717, 1.165) is 57.8 Å². The molecule has 72 heavy (non-hydrogen) atoms. The number of carbonyl (C=O) groups excluding carboxylic acids is 3. The van der Waals surface area contributed by atoms with Gasteiger partial charge in [-0.15, -0.1) is 0 Å². The van der Waals surface area contributed by atoms with Crippen molar-refractivity contribution in [2.45, 2.75) is 380 Å². The van der Waals surface area contributed by atoms with Crippen molar-refractivity contribution in [1.29, 1.82) is 0 Å². The molecule has 0 aromatic carbocycles. The van der Waals surface area contributed by atoms with Crippen molar-refractivity contribution in [2.24, 2.45) is 0 Å². The first-order valence-corrected chi connectivity index (χ1v) is 32.7. The zero-order chi connectivity index (χ0) is 52.2. The molecule has 0 fully saturated rings. The third kappa shape index (κ3) is 59.0. The van der Waals surface area contributed by atoms with Crippen LogP contribution in [-0.2, 0) is 28.6 Å². The van der Waals surface area contributed by atoms with Crippen molar-refractivity contribution in [3.63, 3.8) is 0 Å². The lowest BCUT2D eigenvalue weighted by Crippen LogP contribution is -2.30. The van der Waals surface area contributed by atoms with E-state index >= 15 is 0 Å². The van der Waals surface area contributed by atoms with Gasteiger partial charge in [0, 0.05) is 19.3 Å². The summed E-state index contributed by atoms with van der Waals surface area (Å²) in [6.45, 7) is 6.72. The third-order valence-electron chi connectivity index (χ3n) is 15.0. The minimum atomic E-state index is -0.767. The van der Waals surface area contributed by atoms with E-state index < -0.39 is 6.10 Å². The predicted octanol–water partition coefficient (Wildman–Crippen LogP) is 22.1. The number of ether oxygens (including phenoxy) is 3. The van der Waals surface area contributed by atoms with Crippen molar-refractivity contribution in [2.75, 3.05) is 13.2 Å². The fourth-order valence-corrected chi connectivity index (χ4v) is 10.1. The Kier molecular flexibility index (Phi) is 60.1. The quantitative estimate of drug-likeness (QED) is 0.0261. The highest BCUT2D eigenvalue weighted by Crippen LogP contribution is 2.18. The minimum Gasteiger partial charge on any atom is -0.462 e. The molecule has 0 unspecified atom stereocenters. The average molecular weight is 1020 g/mol. The second-order valence-corrected chi connectivity index (χ2v) is 22.4. The lowest BCUT2D eigenvalue weighted by Gasteiger charge is -2.18. The zero-order valence-corrected chi connectivity index (χ0v) is 49.0. The van der Waals surface area contributed by atoms with Gasteiger partial charge in [0.1, 0.15) is 13.2 Å². The normalized spacial score (nSPS) is 12.0. The Morgan fingerprint density at radius 2 is 0.458 bits per heavy atom. The molecule has 426 valence electrons. The van der Waals surface area contributed by atoms with E-state index in [1.165, 1.54) is 276 Å². The first kappa shape index (κ1) is 70.1. The van der Waals surface area contributed by atoms with Crippen molar-refractivity contribution in [3.8, 4) is 0 Å². The summed E-state index contributed by atoms with van der Waals surface area (Å²) in [7, 11) is 0. The van der Waals surface area contributed by atoms with Gasteiger partial charge >= 0.3 is 17.9 Å². The van der Waals surface area contributed by atoms with Crippen LogP contribution in [0, 0.1) is 0 Å². The van der Waals surface area contributed by atoms with Crippen LogP contribution in [0.3, 0.4) is 0 Å². The Hall–Kier alpha value is -1.85. The van der Waals surface area contributed by atoms with Gasteiger partial charge in [-0.25, -0.2) is 0 Å². The highest BCUT2D eigenvalue weighted by atomic mass is 16.6. The van der Waals surface area contributed by atoms with Gasteiger partial charge in [0.25, 0.3) is 0 Å². The SMILES string of the molecule is CCCCCCCCCC/C=C\CCCCCCCCCC(=O)OC[C@@H](COC(=O)CCCCCCCCCCCCCCCCCCC)OC(=O)CCCCCCCCCCCCCCCCCCCC. The zero-order valence-electron chi connectivity index (χ0n) is 49.0. The molecule has 0 aromatic rings. The van der Waals surface area contributed by atoms with Crippen molar-refractivity contribution in [3.05, 3.63) is 12.2 Å². The maximum atomic E-state index is 12.9. The van der Waals surface area contributed by atoms with Gasteiger partial charge in [0.2, 0.25) is 0 Å². The highest BCUT2D eigenvalue weighted by molar-refractivity contribution is 5.71. The lowest BCUT2D eigenvalue weighted by molar-refractivity contribution is -0.167. The van der Waals surface area contributed by atoms with Gasteiger partial charge in [0.05, 0.1) is 0 Å². The molecule has 0 amide bonds. The number of rotatable bonds is 61. The maximum absolute atomic E-state index is 12.9. The molecule has 0 heterocycles. The van der Waals surface area contributed by atoms with Crippen LogP contribution in [0.2, 0.25) is 0 Å². The van der Waals surface area contributed by atoms with Gasteiger partial charge in [-0.3, -0.25) is 14.4 Å². The molecule has 0 N–H and O–H groups in total. The van der Waals surface area contributed by atoms with Crippen molar-refractivity contribution < 1.29 is 28.6 Å². The van der Waals surface area contributed by atoms with Crippen molar-refractivity contribution >= 4 is 17.9 Å². The summed E-state index contributed by atoms with van der Waals surface area (Å²) in [4.78, 5) is 38.3. The molecule has 1 atom stereocenters. The van der Waals surface area contributed by atoms with Crippen LogP contribution in [-0.4, -0.2) is 37.2 Å². The molecule has 0 radical (unpaired) electrons. The number of esters is 3. The average Bonchev–Trinajstić information content (AvgIpc) is 3.38. The monoisotopic (exact) mass is 1010 g/mol. The minimum absolute atomic E-state index is 0.0645. The van der Waals surface area contributed by atoms with E-state index in [2.05, 4.69) is 32.9 Å². The number of carbonyl (C=O) groups is 3. The molecule has 0 bridgehead atoms. The van der Waals surface area contributed by atoms with E-state index in [4.69, 9.17) is 14.2 Å². The van der Waals surface area contributed by atoms with E-state index in [1.54, 1.807) is 0 Å². The summed E-state index contributed by atoms with van der Waals surface area (Å²) in [5.74, 6) is -0.836. The fraction of sp³-hybridized carbons (Fsp3) is 0.924. The molecule has 0 spiro atoms. The molecule has 0 aliphatic carbocycles. The third-order valence-corrected chi connectivity index (χ3v) is 15.0. The Morgan fingerprint density at radius 3 is 0.694 bits per heavy atom. The van der Waals surface area contributed by atoms with Crippen LogP contribution in [0.1, 0.15) is 374 Å². The molecule has 0 aliphatic heterocycles. The predicted molar refractivity (Wildman–Crippen MR) is 312 cm³/mol. The topological polar surface area (TPSA) is 78.9 Å². The molecule has 0 saturated heterocycles. The van der Waals surface area contributed by atoms with Crippen LogP contribution in [0.5, 0.6) is 0 Å². The Bertz CT molecular complexity index is 1120. The fourth-order valence-electron chi connectivity index (χ4n) is 10.1. The summed E-state index contributed by atoms with van der Waals surface area (Å²) < 4.78 is 17.0. The lowest BCUT2D eigenvalue weighted by atomic mass is 10.0. The first-order chi connectivity index (χ1) is 35.5. The second-order valence-electron chi connectivity index (χ2n) is 22.4. The highest BCUT2D eigenvalue weighted by Gasteiger charge is 2.19. The number of unbranched alkanes of at least 4 members (excludes halogenated alkanes) is 48. The molecule has 6 nitrogen and oxygen atoms in total. The van der Waals surface area contributed by atoms with Gasteiger partial charge in [0.15, 0.2) is 6.10 Å². The maximum Gasteiger partial charge on any atom is 0.306 e. The second kappa shape index (κ2) is 61.7. The molecule has 0 saturated carbocycles. The van der Waals surface area contributed by atoms with Gasteiger partial charge in [-0.2, -0.15) is 0 Å². The Balaban J connectivity index is 4.30. The van der Waals surface area contributed by atoms with E-state index in [9.17, 15) is 14.4 Å². The summed E-state index contributed by atoms with van der Waals surface area (Å²) >= 11 is 0. The molecule has 0 rings (SSSR count). The largest absolute Gasteiger partial charge is 0.462 e. The Morgan fingerprint density at radius 1 is 0.264 bits per heavy atom. The van der Waals surface area contributed by atoms with Crippen LogP contribution in [0.15, 0.2) is 12.2 Å². The van der Waals surface area contributed by atoms with Gasteiger partial charge in [-0.1, -0.05) is 322 Å². The smallest absolute Gasteiger partial charge is 0.306 e. The van der Waals surface area contributed by atoms with E-state index in [-0.39, 0.29) is 31.1 Å². The summed E-state index contributed by atoms with van der Waals surface area (Å²) in [5.41, 5.74) is 0. The molecule has 0 aliphatic rings. The summed E-state index contributed by atoms with van der Waals surface area (Å²) in [6, 6.07) is 0. The van der Waals surface area contributed by atoms with E-state index in [0.29, 0.717) is 19.3 Å². The van der Waals surface area contributed by atoms with Crippen LogP contribution < -0.4 is 0 Å². The van der Waals surface area contributed by atoms with Crippen LogP contribution in [0.4, 0.5) is 0 Å². The van der Waals surface area contributed by atoms with Crippen LogP contribution in [0.25, 0.3) is 0 Å². The number of allylic oxidation sites excluding steroid dienone is 2. The standard InChI is InChI=1S/C66H126O6/c1-4-7-10-13-16-19-22-25-28-31-33-36-38-41-44-47-50-53-56-59-65(68)71-62-63(61-70-64(67)58-55-52-49-46-43-40-37-34-30-27-24-21-18-15-12-9-6-3)72-66(69)60-57-54-51-48-45-42-39-35-32-29-26-23-20-17-14-11-8-5-2/h31,33,63H,4-30,32,34-62H2,1-3H3/b33-31-/t63-/m1/s1. The summed E-state index contributed by atoms with van der Waals surface area (Å²) in [5, 5.41) is 0. The molecular weight excluding hydrogens is 889 g/mol. The van der Waals surface area contributed by atoms with Crippen molar-refractivity contribution in [1.82, 2.24) is 0 Å². The Labute approximate surface area is 450 Å². The molecular formula is C66H126O6. The number of hydrogen-bond acceptors (Lipinski definition) is 6. The summed E-state index contributed by atoms with van der Waals surface area (Å²) in [6.07, 6.45) is 72.1. The molecule has 6 heteroatoms. The van der Waals surface area contributed by atoms with Crippen LogP contribution >= 0.6 is 0 Å². The first-order valence-electron chi connectivity index (χ1n) is 32.7. The number of hydrogen-bond donors (Lipinski definition) is 0. The van der Waals surface area contributed by atoms with Gasteiger partial charge in [-0.05, 0) is 44.9 Å². The molecule has 0 aromatic heterocycles.